The lowest BCUT2D eigenvalue weighted by Gasteiger charge is -2.46. The van der Waals surface area contributed by atoms with Crippen molar-refractivity contribution >= 4 is 5.71 Å². The smallest absolute Gasteiger partial charge is 0.118 e. The van der Waals surface area contributed by atoms with Crippen molar-refractivity contribution in [1.29, 1.82) is 0 Å². The van der Waals surface area contributed by atoms with Crippen LogP contribution in [0.25, 0.3) is 0 Å². The Morgan fingerprint density at radius 3 is 1.94 bits per heavy atom. The quantitative estimate of drug-likeness (QED) is 0.393. The second-order valence-electron chi connectivity index (χ2n) is 8.25. The van der Waals surface area contributed by atoms with Gasteiger partial charge in [-0.15, -0.1) is 0 Å². The number of oxime groups is 1. The number of hydrogen-bond donors (Lipinski definition) is 1. The van der Waals surface area contributed by atoms with Gasteiger partial charge in [-0.3, -0.25) is 4.90 Å². The van der Waals surface area contributed by atoms with E-state index in [4.69, 9.17) is 9.47 Å². The van der Waals surface area contributed by atoms with E-state index in [9.17, 15) is 5.21 Å². The molecule has 0 amide bonds. The fourth-order valence-corrected chi connectivity index (χ4v) is 4.72. The molecule has 1 saturated heterocycles. The first-order valence-corrected chi connectivity index (χ1v) is 10.9. The maximum absolute atomic E-state index is 9.86. The van der Waals surface area contributed by atoms with E-state index in [1.54, 1.807) is 14.2 Å². The molecule has 3 atom stereocenters. The van der Waals surface area contributed by atoms with Crippen molar-refractivity contribution in [3.05, 3.63) is 95.6 Å². The normalized spacial score (nSPS) is 22.6. The van der Waals surface area contributed by atoms with Crippen LogP contribution in [-0.4, -0.2) is 30.0 Å². The number of methoxy groups -OCH3 is 2. The molecule has 3 aromatic carbocycles. The van der Waals surface area contributed by atoms with Gasteiger partial charge in [0, 0.05) is 31.0 Å². The van der Waals surface area contributed by atoms with E-state index < -0.39 is 0 Å². The van der Waals surface area contributed by atoms with Crippen LogP contribution < -0.4 is 9.47 Å². The zero-order valence-electron chi connectivity index (χ0n) is 18.8. The Balaban J connectivity index is 1.79. The molecule has 1 aliphatic heterocycles. The highest BCUT2D eigenvalue weighted by Gasteiger charge is 2.40. The average molecular weight is 431 g/mol. The van der Waals surface area contributed by atoms with Crippen molar-refractivity contribution in [1.82, 2.24) is 4.90 Å². The van der Waals surface area contributed by atoms with E-state index >= 15 is 0 Å². The summed E-state index contributed by atoms with van der Waals surface area (Å²) < 4.78 is 10.7. The lowest BCUT2D eigenvalue weighted by molar-refractivity contribution is 0.0848. The molecule has 0 saturated carbocycles. The minimum absolute atomic E-state index is 0.0489. The van der Waals surface area contributed by atoms with Crippen LogP contribution in [0.4, 0.5) is 0 Å². The molecule has 5 nitrogen and oxygen atoms in total. The standard InChI is InChI=1S/C27H30N2O3/c1-19-25(28-30)17-26(21-9-13-23(31-2)14-10-21)29(18-20-7-5-4-6-8-20)27(19)22-11-15-24(32-3)16-12-22/h4-16,19,26-27,30H,17-18H2,1-3H3. The van der Waals surface area contributed by atoms with Crippen LogP contribution in [0.2, 0.25) is 0 Å². The highest BCUT2D eigenvalue weighted by Crippen LogP contribution is 2.45. The van der Waals surface area contributed by atoms with Gasteiger partial charge in [-0.25, -0.2) is 0 Å². The van der Waals surface area contributed by atoms with Crippen LogP contribution in [-0.2, 0) is 6.54 Å². The highest BCUT2D eigenvalue weighted by atomic mass is 16.5. The molecule has 1 fully saturated rings. The van der Waals surface area contributed by atoms with Gasteiger partial charge in [0.25, 0.3) is 0 Å². The van der Waals surface area contributed by atoms with Gasteiger partial charge in [0.1, 0.15) is 11.5 Å². The lowest BCUT2D eigenvalue weighted by atomic mass is 9.79. The fourth-order valence-electron chi connectivity index (χ4n) is 4.72. The van der Waals surface area contributed by atoms with Crippen LogP contribution in [0, 0.1) is 5.92 Å². The molecule has 3 unspecified atom stereocenters. The van der Waals surface area contributed by atoms with Crippen LogP contribution >= 0.6 is 0 Å². The van der Waals surface area contributed by atoms with E-state index in [1.807, 2.05) is 30.3 Å². The summed E-state index contributed by atoms with van der Waals surface area (Å²) in [5.74, 6) is 1.72. The van der Waals surface area contributed by atoms with E-state index in [2.05, 4.69) is 65.5 Å². The molecular weight excluding hydrogens is 400 g/mol. The molecule has 1 aliphatic rings. The Bertz CT molecular complexity index is 1030. The summed E-state index contributed by atoms with van der Waals surface area (Å²) in [6, 6.07) is 27.1. The largest absolute Gasteiger partial charge is 0.497 e. The van der Waals surface area contributed by atoms with Gasteiger partial charge in [-0.05, 0) is 41.0 Å². The van der Waals surface area contributed by atoms with Crippen molar-refractivity contribution < 1.29 is 14.7 Å². The van der Waals surface area contributed by atoms with Gasteiger partial charge >= 0.3 is 0 Å². The van der Waals surface area contributed by atoms with Crippen molar-refractivity contribution in [2.45, 2.75) is 32.0 Å². The Morgan fingerprint density at radius 1 is 0.844 bits per heavy atom. The molecule has 3 aromatic rings. The Morgan fingerprint density at radius 2 is 1.41 bits per heavy atom. The van der Waals surface area contributed by atoms with Gasteiger partial charge in [-0.2, -0.15) is 0 Å². The maximum atomic E-state index is 9.86. The minimum atomic E-state index is 0.0489. The second kappa shape index (κ2) is 9.88. The Labute approximate surface area is 189 Å². The van der Waals surface area contributed by atoms with Crippen LogP contribution in [0.5, 0.6) is 11.5 Å². The fraction of sp³-hybridized carbons (Fsp3) is 0.296. The van der Waals surface area contributed by atoms with Gasteiger partial charge in [0.15, 0.2) is 0 Å². The first-order chi connectivity index (χ1) is 15.6. The summed E-state index contributed by atoms with van der Waals surface area (Å²) in [6.07, 6.45) is 0.670. The molecule has 166 valence electrons. The monoisotopic (exact) mass is 430 g/mol. The van der Waals surface area contributed by atoms with E-state index in [1.165, 1.54) is 16.7 Å². The summed E-state index contributed by atoms with van der Waals surface area (Å²) in [6.45, 7) is 2.93. The molecular formula is C27H30N2O3. The van der Waals surface area contributed by atoms with Gasteiger partial charge in [-0.1, -0.05) is 66.7 Å². The summed E-state index contributed by atoms with van der Waals surface area (Å²) in [5, 5.41) is 13.6. The molecule has 1 heterocycles. The SMILES string of the molecule is COc1ccc(C2CC(=NO)C(C)C(c3ccc(OC)cc3)N2Cc2ccccc2)cc1. The Kier molecular flexibility index (Phi) is 6.76. The summed E-state index contributed by atoms with van der Waals surface area (Å²) in [5.41, 5.74) is 4.42. The number of piperidine rings is 1. The molecule has 32 heavy (non-hydrogen) atoms. The third-order valence-electron chi connectivity index (χ3n) is 6.45. The Hall–Kier alpha value is -3.31. The summed E-state index contributed by atoms with van der Waals surface area (Å²) >= 11 is 0. The van der Waals surface area contributed by atoms with E-state index in [-0.39, 0.29) is 18.0 Å². The van der Waals surface area contributed by atoms with Crippen molar-refractivity contribution in [3.63, 3.8) is 0 Å². The molecule has 0 spiro atoms. The lowest BCUT2D eigenvalue weighted by Crippen LogP contribution is -2.44. The first-order valence-electron chi connectivity index (χ1n) is 10.9. The molecule has 0 bridgehead atoms. The number of likely N-dealkylation sites (tertiary alicyclic amines) is 1. The average Bonchev–Trinajstić information content (AvgIpc) is 2.85. The molecule has 4 rings (SSSR count). The first kappa shape index (κ1) is 21.9. The third-order valence-corrected chi connectivity index (χ3v) is 6.45. The van der Waals surface area contributed by atoms with Crippen molar-refractivity contribution in [2.24, 2.45) is 11.1 Å². The van der Waals surface area contributed by atoms with Gasteiger partial charge in [0.05, 0.1) is 19.9 Å². The van der Waals surface area contributed by atoms with Crippen molar-refractivity contribution in [3.8, 4) is 11.5 Å². The van der Waals surface area contributed by atoms with Gasteiger partial charge in [0.2, 0.25) is 0 Å². The second-order valence-corrected chi connectivity index (χ2v) is 8.25. The number of nitrogens with zero attached hydrogens (tertiary/aromatic N) is 2. The zero-order chi connectivity index (χ0) is 22.5. The molecule has 0 radical (unpaired) electrons. The predicted octanol–water partition coefficient (Wildman–Crippen LogP) is 5.86. The predicted molar refractivity (Wildman–Crippen MR) is 126 cm³/mol. The van der Waals surface area contributed by atoms with Crippen LogP contribution in [0.1, 0.15) is 42.1 Å². The van der Waals surface area contributed by atoms with Crippen molar-refractivity contribution in [2.75, 3.05) is 14.2 Å². The zero-order valence-corrected chi connectivity index (χ0v) is 18.8. The minimum Gasteiger partial charge on any atom is -0.497 e. The van der Waals surface area contributed by atoms with Gasteiger partial charge < -0.3 is 14.7 Å². The van der Waals surface area contributed by atoms with E-state index in [0.29, 0.717) is 6.42 Å². The summed E-state index contributed by atoms with van der Waals surface area (Å²) in [4.78, 5) is 2.53. The number of rotatable bonds is 6. The number of ether oxygens (including phenoxy) is 2. The third kappa shape index (κ3) is 4.48. The molecule has 5 heteroatoms. The molecule has 1 N–H and O–H groups in total. The summed E-state index contributed by atoms with van der Waals surface area (Å²) in [7, 11) is 3.35. The topological polar surface area (TPSA) is 54.3 Å². The number of hydrogen-bond acceptors (Lipinski definition) is 5. The maximum Gasteiger partial charge on any atom is 0.118 e. The molecule has 0 aliphatic carbocycles. The van der Waals surface area contributed by atoms with Crippen LogP contribution in [0.15, 0.2) is 84.0 Å². The van der Waals surface area contributed by atoms with E-state index in [0.717, 1.165) is 23.8 Å². The molecule has 0 aromatic heterocycles. The number of benzene rings is 3. The highest BCUT2D eigenvalue weighted by molar-refractivity contribution is 5.88. The van der Waals surface area contributed by atoms with Crippen LogP contribution in [0.3, 0.4) is 0 Å².